The average Bonchev–Trinajstić information content (AvgIpc) is 3.04. The van der Waals surface area contributed by atoms with Crippen LogP contribution in [0.5, 0.6) is 11.5 Å². The zero-order chi connectivity index (χ0) is 15.5. The summed E-state index contributed by atoms with van der Waals surface area (Å²) in [5.74, 6) is 1.90. The number of hydrogen-bond donors (Lipinski definition) is 1. The van der Waals surface area contributed by atoms with Gasteiger partial charge in [-0.2, -0.15) is 0 Å². The monoisotopic (exact) mass is 323 g/mol. The van der Waals surface area contributed by atoms with E-state index in [2.05, 4.69) is 15.3 Å². The van der Waals surface area contributed by atoms with E-state index in [1.165, 1.54) is 0 Å². The lowest BCUT2D eigenvalue weighted by molar-refractivity contribution is 0.120. The molecule has 2 aromatic rings. The van der Waals surface area contributed by atoms with E-state index in [-0.39, 0.29) is 11.4 Å². The van der Waals surface area contributed by atoms with E-state index in [0.29, 0.717) is 29.4 Å². The van der Waals surface area contributed by atoms with Gasteiger partial charge in [-0.25, -0.2) is 9.97 Å². The molecular weight excluding hydrogens is 306 g/mol. The maximum absolute atomic E-state index is 6.02. The Balaban J connectivity index is 1.96. The fourth-order valence-electron chi connectivity index (χ4n) is 2.58. The Labute approximate surface area is 133 Å². The summed E-state index contributed by atoms with van der Waals surface area (Å²) >= 11 is 6.02. The fourth-order valence-corrected chi connectivity index (χ4v) is 2.75. The van der Waals surface area contributed by atoms with Gasteiger partial charge < -0.3 is 19.5 Å². The summed E-state index contributed by atoms with van der Waals surface area (Å²) in [7, 11) is 3.18. The second-order valence-corrected chi connectivity index (χ2v) is 5.42. The van der Waals surface area contributed by atoms with Crippen LogP contribution in [-0.4, -0.2) is 43.4 Å². The summed E-state index contributed by atoms with van der Waals surface area (Å²) in [6, 6.07) is 3.64. The molecule has 0 amide bonds. The maximum Gasteiger partial charge on any atom is 0.224 e. The zero-order valence-electron chi connectivity index (χ0n) is 12.6. The van der Waals surface area contributed by atoms with Crippen LogP contribution in [0.25, 0.3) is 10.9 Å². The molecule has 0 radical (unpaired) electrons. The minimum absolute atomic E-state index is 0.189. The molecule has 1 aromatic heterocycles. The highest BCUT2D eigenvalue weighted by Crippen LogP contribution is 2.34. The number of nitrogens with one attached hydrogen (secondary N) is 1. The molecule has 1 aliphatic rings. The van der Waals surface area contributed by atoms with Crippen LogP contribution in [0.1, 0.15) is 12.8 Å². The molecule has 0 spiro atoms. The first-order chi connectivity index (χ1) is 10.7. The highest BCUT2D eigenvalue weighted by atomic mass is 35.5. The number of methoxy groups -OCH3 is 2. The summed E-state index contributed by atoms with van der Waals surface area (Å²) in [4.78, 5) is 8.53. The Morgan fingerprint density at radius 2 is 2.05 bits per heavy atom. The van der Waals surface area contributed by atoms with E-state index in [0.717, 1.165) is 24.8 Å². The lowest BCUT2D eigenvalue weighted by Gasteiger charge is -2.14. The van der Waals surface area contributed by atoms with Crippen LogP contribution in [0.4, 0.5) is 5.82 Å². The summed E-state index contributed by atoms with van der Waals surface area (Å²) in [6.07, 6.45) is 2.37. The number of nitrogens with zero attached hydrogens (tertiary/aromatic N) is 2. The highest BCUT2D eigenvalue weighted by molar-refractivity contribution is 6.28. The van der Waals surface area contributed by atoms with Gasteiger partial charge in [0.25, 0.3) is 0 Å². The first-order valence-electron chi connectivity index (χ1n) is 7.16. The van der Waals surface area contributed by atoms with Crippen molar-refractivity contribution in [3.63, 3.8) is 0 Å². The summed E-state index contributed by atoms with van der Waals surface area (Å²) in [5.41, 5.74) is 0.701. The van der Waals surface area contributed by atoms with Gasteiger partial charge in [-0.1, -0.05) is 0 Å². The number of benzene rings is 1. The van der Waals surface area contributed by atoms with Crippen molar-refractivity contribution < 1.29 is 14.2 Å². The Hall–Kier alpha value is -1.79. The first kappa shape index (κ1) is 15.1. The second kappa shape index (κ2) is 6.54. The SMILES string of the molecule is COc1cc2nc(Cl)nc(NC[C@H]3CCCO3)c2cc1OC. The van der Waals surface area contributed by atoms with Crippen molar-refractivity contribution in [1.29, 1.82) is 0 Å². The smallest absolute Gasteiger partial charge is 0.224 e. The third-order valence-electron chi connectivity index (χ3n) is 3.69. The lowest BCUT2D eigenvalue weighted by atomic mass is 10.2. The molecule has 3 rings (SSSR count). The average molecular weight is 324 g/mol. The molecule has 7 heteroatoms. The van der Waals surface area contributed by atoms with E-state index in [9.17, 15) is 0 Å². The standard InChI is InChI=1S/C15H18ClN3O3/c1-20-12-6-10-11(7-13(12)21-2)18-15(16)19-14(10)17-8-9-4-3-5-22-9/h6-7,9H,3-5,8H2,1-2H3,(H,17,18,19)/t9-/m1/s1. The third kappa shape index (κ3) is 3.03. The first-order valence-corrected chi connectivity index (χ1v) is 7.54. The van der Waals surface area contributed by atoms with Crippen LogP contribution >= 0.6 is 11.6 Å². The summed E-state index contributed by atoms with van der Waals surface area (Å²) in [6.45, 7) is 1.51. The van der Waals surface area contributed by atoms with Gasteiger partial charge in [-0.3, -0.25) is 0 Å². The van der Waals surface area contributed by atoms with Crippen molar-refractivity contribution in [3.8, 4) is 11.5 Å². The molecule has 0 saturated carbocycles. The Kier molecular flexibility index (Phi) is 4.49. The number of anilines is 1. The van der Waals surface area contributed by atoms with E-state index in [4.69, 9.17) is 25.8 Å². The van der Waals surface area contributed by atoms with Gasteiger partial charge >= 0.3 is 0 Å². The lowest BCUT2D eigenvalue weighted by Crippen LogP contribution is -2.19. The van der Waals surface area contributed by atoms with Crippen LogP contribution in [0.15, 0.2) is 12.1 Å². The van der Waals surface area contributed by atoms with Crippen molar-refractivity contribution >= 4 is 28.3 Å². The van der Waals surface area contributed by atoms with Crippen LogP contribution in [-0.2, 0) is 4.74 Å². The van der Waals surface area contributed by atoms with Gasteiger partial charge in [0.1, 0.15) is 5.82 Å². The van der Waals surface area contributed by atoms with Crippen LogP contribution in [0.3, 0.4) is 0 Å². The predicted molar refractivity (Wildman–Crippen MR) is 85.1 cm³/mol. The third-order valence-corrected chi connectivity index (χ3v) is 3.86. The predicted octanol–water partition coefficient (Wildman–Crippen LogP) is 2.89. The Morgan fingerprint density at radius 3 is 2.73 bits per heavy atom. The van der Waals surface area contributed by atoms with Crippen molar-refractivity contribution in [2.75, 3.05) is 32.7 Å². The summed E-state index contributed by atoms with van der Waals surface area (Å²) < 4.78 is 16.3. The van der Waals surface area contributed by atoms with E-state index in [1.54, 1.807) is 20.3 Å². The topological polar surface area (TPSA) is 65.5 Å². The minimum atomic E-state index is 0.189. The van der Waals surface area contributed by atoms with Gasteiger partial charge in [0.05, 0.1) is 25.8 Å². The van der Waals surface area contributed by atoms with E-state index in [1.807, 2.05) is 6.07 Å². The van der Waals surface area contributed by atoms with Crippen molar-refractivity contribution in [1.82, 2.24) is 9.97 Å². The normalized spacial score (nSPS) is 17.7. The van der Waals surface area contributed by atoms with Crippen molar-refractivity contribution in [2.45, 2.75) is 18.9 Å². The van der Waals surface area contributed by atoms with Gasteiger partial charge in [0, 0.05) is 24.6 Å². The molecule has 1 atom stereocenters. The molecule has 0 unspecified atom stereocenters. The number of hydrogen-bond acceptors (Lipinski definition) is 6. The second-order valence-electron chi connectivity index (χ2n) is 5.08. The zero-order valence-corrected chi connectivity index (χ0v) is 13.3. The molecule has 0 aliphatic carbocycles. The van der Waals surface area contributed by atoms with Crippen LogP contribution in [0.2, 0.25) is 5.28 Å². The molecule has 1 saturated heterocycles. The van der Waals surface area contributed by atoms with Gasteiger partial charge in [0.15, 0.2) is 11.5 Å². The fraction of sp³-hybridized carbons (Fsp3) is 0.467. The number of fused-ring (bicyclic) bond motifs is 1. The Bertz CT molecular complexity index is 675. The molecule has 1 fully saturated rings. The molecule has 1 aliphatic heterocycles. The summed E-state index contributed by atoms with van der Waals surface area (Å²) in [5, 5.41) is 4.33. The molecule has 6 nitrogen and oxygen atoms in total. The molecule has 118 valence electrons. The van der Waals surface area contributed by atoms with Crippen molar-refractivity contribution in [2.24, 2.45) is 0 Å². The molecule has 2 heterocycles. The van der Waals surface area contributed by atoms with Crippen molar-refractivity contribution in [3.05, 3.63) is 17.4 Å². The number of ether oxygens (including phenoxy) is 3. The van der Waals surface area contributed by atoms with E-state index >= 15 is 0 Å². The largest absolute Gasteiger partial charge is 0.493 e. The number of aromatic nitrogens is 2. The van der Waals surface area contributed by atoms with Gasteiger partial charge in [-0.05, 0) is 30.5 Å². The molecule has 22 heavy (non-hydrogen) atoms. The Morgan fingerprint density at radius 1 is 1.27 bits per heavy atom. The van der Waals surface area contributed by atoms with E-state index < -0.39 is 0 Å². The van der Waals surface area contributed by atoms with Crippen LogP contribution in [0, 0.1) is 0 Å². The van der Waals surface area contributed by atoms with Crippen LogP contribution < -0.4 is 14.8 Å². The number of halogens is 1. The molecule has 1 aromatic carbocycles. The quantitative estimate of drug-likeness (QED) is 0.853. The molecule has 1 N–H and O–H groups in total. The highest BCUT2D eigenvalue weighted by Gasteiger charge is 2.17. The minimum Gasteiger partial charge on any atom is -0.493 e. The van der Waals surface area contributed by atoms with Gasteiger partial charge in [0.2, 0.25) is 5.28 Å². The maximum atomic E-state index is 6.02. The van der Waals surface area contributed by atoms with Gasteiger partial charge in [-0.15, -0.1) is 0 Å². The molecular formula is C15H18ClN3O3. The number of rotatable bonds is 5. The molecule has 0 bridgehead atoms.